The summed E-state index contributed by atoms with van der Waals surface area (Å²) in [6.45, 7) is 0. The Labute approximate surface area is 165 Å². The van der Waals surface area contributed by atoms with Crippen LogP contribution in [0.25, 0.3) is 33.4 Å². The van der Waals surface area contributed by atoms with E-state index in [0.717, 1.165) is 33.4 Å². The Morgan fingerprint density at radius 1 is 0.444 bits per heavy atom. The average molecular weight is 464 g/mol. The molecule has 0 aliphatic rings. The number of hydrogen-bond donors (Lipinski definition) is 0. The van der Waals surface area contributed by atoms with E-state index in [9.17, 15) is 6.14 Å². The first-order valence-electron chi connectivity index (χ1n) is 8.63. The van der Waals surface area contributed by atoms with Gasteiger partial charge in [0.15, 0.2) is 0 Å². The monoisotopic (exact) mass is 464 g/mol. The predicted octanol–water partition coefficient (Wildman–Crippen LogP) is 7.05. The molecule has 0 bridgehead atoms. The van der Waals surface area contributed by atoms with Crippen molar-refractivity contribution < 1.29 is 6.14 Å². The Bertz CT molecular complexity index is 1130. The van der Waals surface area contributed by atoms with Gasteiger partial charge in [-0.25, -0.2) is 6.14 Å². The van der Waals surface area contributed by atoms with Crippen molar-refractivity contribution in [3.63, 3.8) is 0 Å². The topological polar surface area (TPSA) is 34.1 Å². The summed E-state index contributed by atoms with van der Waals surface area (Å²) in [5.74, 6) is 0. The van der Waals surface area contributed by atoms with Gasteiger partial charge in [-0.05, 0) is 39.9 Å². The van der Waals surface area contributed by atoms with Crippen molar-refractivity contribution in [3.8, 4) is 33.4 Å². The minimum absolute atomic E-state index is 0.434. The van der Waals surface area contributed by atoms with Crippen LogP contribution in [0, 0.1) is 3.57 Å². The smallest absolute Gasteiger partial charge is 0.230 e. The molecule has 4 rings (SSSR count). The minimum atomic E-state index is -3.69. The molecule has 0 atom stereocenters. The molecule has 27 heavy (non-hydrogen) atoms. The first-order chi connectivity index (χ1) is 13.2. The second-order valence-corrected chi connectivity index (χ2v) is 8.60. The molecule has 0 N–H and O–H groups in total. The minimum Gasteiger partial charge on any atom is -0.230 e. The zero-order chi connectivity index (χ0) is 18.6. The summed E-state index contributed by atoms with van der Waals surface area (Å²) >= 11 is -3.69. The molecule has 3 heteroatoms. The highest BCUT2D eigenvalue weighted by molar-refractivity contribution is 14.2. The lowest BCUT2D eigenvalue weighted by molar-refractivity contribution is 0.610. The van der Waals surface area contributed by atoms with Gasteiger partial charge in [0.05, 0.1) is 3.57 Å². The normalized spacial score (nSPS) is 10.9. The lowest BCUT2D eigenvalue weighted by atomic mass is 9.91. The maximum atomic E-state index is 12.2. The fourth-order valence-corrected chi connectivity index (χ4v) is 4.76. The highest BCUT2D eigenvalue weighted by Gasteiger charge is 2.17. The third-order valence-corrected chi connectivity index (χ3v) is 6.37. The van der Waals surface area contributed by atoms with Gasteiger partial charge in [0.2, 0.25) is 0 Å². The molecule has 0 spiro atoms. The Morgan fingerprint density at radius 2 is 0.815 bits per heavy atom. The Balaban J connectivity index is 2.06. The first kappa shape index (κ1) is 17.6. The van der Waals surface area contributed by atoms with Crippen molar-refractivity contribution in [2.75, 3.05) is 0 Å². The second kappa shape index (κ2) is 7.84. The van der Waals surface area contributed by atoms with Gasteiger partial charge < -0.3 is 0 Å². The molecule has 2 nitrogen and oxygen atoms in total. The van der Waals surface area contributed by atoms with Gasteiger partial charge in [0, 0.05) is 5.56 Å². The largest absolute Gasteiger partial charge is 0.341 e. The highest BCUT2D eigenvalue weighted by atomic mass is 127. The van der Waals surface area contributed by atoms with Crippen molar-refractivity contribution in [3.05, 3.63) is 107 Å². The summed E-state index contributed by atoms with van der Waals surface area (Å²) in [5, 5.41) is 0. The molecule has 4 aromatic carbocycles. The molecule has 0 fully saturated rings. The maximum Gasteiger partial charge on any atom is 0.341 e. The van der Waals surface area contributed by atoms with Gasteiger partial charge >= 0.3 is 19.8 Å². The molecule has 0 aromatic heterocycles. The van der Waals surface area contributed by atoms with Crippen LogP contribution in [0.15, 0.2) is 103 Å². The molecular formula is C24H17IO2. The number of rotatable bonds is 4. The standard InChI is InChI=1S/C24H17IO2/c26-25(27)24-17-22(19-12-6-2-7-13-19)21(18-10-4-1-5-11-18)16-23(24)20-14-8-3-9-15-20/h1-17H. The Kier molecular flexibility index (Phi) is 5.12. The molecular weight excluding hydrogens is 447 g/mol. The van der Waals surface area contributed by atoms with Gasteiger partial charge in [-0.15, -0.1) is 0 Å². The number of hydrogen-bond acceptors (Lipinski definition) is 2. The van der Waals surface area contributed by atoms with Crippen molar-refractivity contribution in [2.45, 2.75) is 0 Å². The molecule has 0 heterocycles. The molecule has 0 saturated heterocycles. The molecule has 0 saturated carbocycles. The summed E-state index contributed by atoms with van der Waals surface area (Å²) in [5.41, 5.74) is 5.72. The van der Waals surface area contributed by atoms with Gasteiger partial charge in [0.1, 0.15) is 0 Å². The number of halogens is 1. The van der Waals surface area contributed by atoms with E-state index in [1.54, 1.807) is 0 Å². The van der Waals surface area contributed by atoms with Gasteiger partial charge in [-0.3, -0.25) is 0 Å². The van der Waals surface area contributed by atoms with Crippen LogP contribution in [-0.2, 0) is 6.14 Å². The molecule has 4 aromatic rings. The lowest BCUT2D eigenvalue weighted by Crippen LogP contribution is -1.92. The summed E-state index contributed by atoms with van der Waals surface area (Å²) in [6, 6.07) is 33.6. The molecule has 0 unspecified atom stereocenters. The summed E-state index contributed by atoms with van der Waals surface area (Å²) in [7, 11) is 0. The van der Waals surface area contributed by atoms with E-state index in [-0.39, 0.29) is 0 Å². The van der Waals surface area contributed by atoms with Crippen LogP contribution in [0.4, 0.5) is 0 Å². The summed E-state index contributed by atoms with van der Waals surface area (Å²) in [4.78, 5) is 0. The van der Waals surface area contributed by atoms with E-state index in [1.165, 1.54) is 0 Å². The van der Waals surface area contributed by atoms with E-state index in [2.05, 4.69) is 12.1 Å². The van der Waals surface area contributed by atoms with Gasteiger partial charge in [-0.2, -0.15) is 0 Å². The van der Waals surface area contributed by atoms with Gasteiger partial charge in [-0.1, -0.05) is 91.0 Å². The second-order valence-electron chi connectivity index (χ2n) is 6.19. The predicted molar refractivity (Wildman–Crippen MR) is 117 cm³/mol. The van der Waals surface area contributed by atoms with Crippen LogP contribution in [-0.4, -0.2) is 0 Å². The zero-order valence-corrected chi connectivity index (χ0v) is 16.7. The fraction of sp³-hybridized carbons (Fsp3) is 0. The SMILES string of the molecule is O=I(=O)c1cc(-c2ccccc2)c(-c2ccccc2)cc1-c1ccccc1. The van der Waals surface area contributed by atoms with Crippen molar-refractivity contribution in [2.24, 2.45) is 0 Å². The Morgan fingerprint density at radius 3 is 1.22 bits per heavy atom. The lowest BCUT2D eigenvalue weighted by Gasteiger charge is -2.15. The zero-order valence-electron chi connectivity index (χ0n) is 14.5. The van der Waals surface area contributed by atoms with Crippen molar-refractivity contribution in [1.82, 2.24) is 0 Å². The molecule has 0 aliphatic heterocycles. The third-order valence-electron chi connectivity index (χ3n) is 4.53. The van der Waals surface area contributed by atoms with E-state index in [1.807, 2.05) is 91.0 Å². The highest BCUT2D eigenvalue weighted by Crippen LogP contribution is 2.40. The quantitative estimate of drug-likeness (QED) is 0.303. The van der Waals surface area contributed by atoms with Crippen molar-refractivity contribution in [1.29, 1.82) is 0 Å². The van der Waals surface area contributed by atoms with Crippen LogP contribution >= 0.6 is 19.8 Å². The van der Waals surface area contributed by atoms with E-state index in [0.29, 0.717) is 3.57 Å². The van der Waals surface area contributed by atoms with Crippen LogP contribution in [0.1, 0.15) is 0 Å². The summed E-state index contributed by atoms with van der Waals surface area (Å²) in [6.07, 6.45) is 0. The van der Waals surface area contributed by atoms with Crippen LogP contribution in [0.2, 0.25) is 0 Å². The van der Waals surface area contributed by atoms with Gasteiger partial charge in [0.25, 0.3) is 0 Å². The Hall–Kier alpha value is -2.79. The van der Waals surface area contributed by atoms with Crippen LogP contribution in [0.5, 0.6) is 0 Å². The van der Waals surface area contributed by atoms with Crippen molar-refractivity contribution >= 4 is 19.8 Å². The van der Waals surface area contributed by atoms with E-state index >= 15 is 0 Å². The first-order valence-corrected chi connectivity index (χ1v) is 11.5. The third kappa shape index (κ3) is 3.69. The maximum absolute atomic E-state index is 12.2. The molecule has 0 aliphatic carbocycles. The van der Waals surface area contributed by atoms with Crippen LogP contribution in [0.3, 0.4) is 0 Å². The summed E-state index contributed by atoms with van der Waals surface area (Å²) < 4.78 is 24.7. The average Bonchev–Trinajstić information content (AvgIpc) is 2.74. The van der Waals surface area contributed by atoms with E-state index in [4.69, 9.17) is 0 Å². The van der Waals surface area contributed by atoms with E-state index < -0.39 is 19.8 Å². The number of benzene rings is 4. The fourth-order valence-electron chi connectivity index (χ4n) is 3.25. The van der Waals surface area contributed by atoms with Crippen LogP contribution < -0.4 is 0 Å². The molecule has 0 amide bonds. The molecule has 132 valence electrons. The molecule has 0 radical (unpaired) electrons.